The predicted octanol–water partition coefficient (Wildman–Crippen LogP) is 0.806. The Labute approximate surface area is 105 Å². The Kier molecular flexibility index (Phi) is 4.53. The maximum absolute atomic E-state index is 12.2. The summed E-state index contributed by atoms with van der Waals surface area (Å²) in [6, 6.07) is 1.60. The van der Waals surface area contributed by atoms with E-state index in [9.17, 15) is 9.59 Å². The van der Waals surface area contributed by atoms with Crippen molar-refractivity contribution in [1.82, 2.24) is 15.1 Å². The van der Waals surface area contributed by atoms with Crippen molar-refractivity contribution in [1.29, 1.82) is 0 Å². The molecule has 1 N–H and O–H groups in total. The molecule has 1 aromatic rings. The lowest BCUT2D eigenvalue weighted by Crippen LogP contribution is -2.36. The average molecular weight is 249 g/mol. The van der Waals surface area contributed by atoms with Gasteiger partial charge < -0.3 is 10.0 Å². The fourth-order valence-corrected chi connectivity index (χ4v) is 1.48. The summed E-state index contributed by atoms with van der Waals surface area (Å²) in [6.07, 6.45) is 1.48. The van der Waals surface area contributed by atoms with E-state index in [2.05, 4.69) is 16.8 Å². The molecule has 1 aromatic heterocycles. The summed E-state index contributed by atoms with van der Waals surface area (Å²) in [4.78, 5) is 24.1. The van der Waals surface area contributed by atoms with Crippen LogP contribution in [0.2, 0.25) is 0 Å². The first-order valence-corrected chi connectivity index (χ1v) is 5.38. The summed E-state index contributed by atoms with van der Waals surface area (Å²) < 4.78 is 0. The third-order valence-corrected chi connectivity index (χ3v) is 2.29. The molecule has 1 amide bonds. The largest absolute Gasteiger partial charge is 0.480 e. The topological polar surface area (TPSA) is 83.4 Å². The van der Waals surface area contributed by atoms with Gasteiger partial charge in [0.2, 0.25) is 0 Å². The van der Waals surface area contributed by atoms with Crippen molar-refractivity contribution >= 4 is 11.9 Å². The van der Waals surface area contributed by atoms with Crippen molar-refractivity contribution < 1.29 is 14.7 Å². The van der Waals surface area contributed by atoms with Crippen molar-refractivity contribution in [3.8, 4) is 0 Å². The minimum atomic E-state index is -1.07. The number of carbonyl (C=O) groups excluding carboxylic acids is 1. The molecule has 0 aliphatic heterocycles. The van der Waals surface area contributed by atoms with E-state index in [0.717, 1.165) is 0 Å². The molecular formula is C12H15N3O3. The Hall–Kier alpha value is -2.24. The number of hydrogen-bond acceptors (Lipinski definition) is 4. The zero-order valence-electron chi connectivity index (χ0n) is 10.4. The number of aromatic nitrogens is 2. The molecule has 0 saturated heterocycles. The van der Waals surface area contributed by atoms with E-state index in [1.54, 1.807) is 19.9 Å². The minimum absolute atomic E-state index is 0.173. The van der Waals surface area contributed by atoms with Gasteiger partial charge in [-0.1, -0.05) is 6.08 Å². The van der Waals surface area contributed by atoms with Crippen LogP contribution in [0.4, 0.5) is 0 Å². The summed E-state index contributed by atoms with van der Waals surface area (Å²) in [6.45, 7) is 6.69. The van der Waals surface area contributed by atoms with E-state index < -0.39 is 5.97 Å². The summed E-state index contributed by atoms with van der Waals surface area (Å²) >= 11 is 0. The average Bonchev–Trinajstić information content (AvgIpc) is 2.30. The highest BCUT2D eigenvalue weighted by atomic mass is 16.4. The SMILES string of the molecule is C=CCN(CC(=O)O)C(=O)c1cc(C)nnc1C. The first kappa shape index (κ1) is 13.8. The van der Waals surface area contributed by atoms with Crippen LogP contribution in [0.5, 0.6) is 0 Å². The molecule has 0 fully saturated rings. The lowest BCUT2D eigenvalue weighted by atomic mass is 10.1. The molecule has 0 aliphatic carbocycles. The smallest absolute Gasteiger partial charge is 0.323 e. The van der Waals surface area contributed by atoms with Crippen molar-refractivity contribution in [3.63, 3.8) is 0 Å². The summed E-state index contributed by atoms with van der Waals surface area (Å²) in [5, 5.41) is 16.5. The van der Waals surface area contributed by atoms with Gasteiger partial charge in [0.1, 0.15) is 6.54 Å². The Morgan fingerprint density at radius 3 is 2.67 bits per heavy atom. The van der Waals surface area contributed by atoms with E-state index in [-0.39, 0.29) is 19.0 Å². The van der Waals surface area contributed by atoms with Gasteiger partial charge in [0.15, 0.2) is 0 Å². The second-order valence-corrected chi connectivity index (χ2v) is 3.85. The molecule has 0 bridgehead atoms. The number of aryl methyl sites for hydroxylation is 2. The second-order valence-electron chi connectivity index (χ2n) is 3.85. The van der Waals surface area contributed by atoms with Crippen LogP contribution in [-0.2, 0) is 4.79 Å². The van der Waals surface area contributed by atoms with Crippen LogP contribution in [0, 0.1) is 13.8 Å². The number of carbonyl (C=O) groups is 2. The summed E-state index contributed by atoms with van der Waals surface area (Å²) in [7, 11) is 0. The number of carboxylic acids is 1. The van der Waals surface area contributed by atoms with Gasteiger partial charge in [-0.3, -0.25) is 9.59 Å². The molecule has 96 valence electrons. The van der Waals surface area contributed by atoms with Gasteiger partial charge in [-0.15, -0.1) is 6.58 Å². The van der Waals surface area contributed by atoms with Crippen molar-refractivity contribution in [2.45, 2.75) is 13.8 Å². The van der Waals surface area contributed by atoms with E-state index in [0.29, 0.717) is 17.0 Å². The second kappa shape index (κ2) is 5.90. The molecule has 6 nitrogen and oxygen atoms in total. The minimum Gasteiger partial charge on any atom is -0.480 e. The maximum atomic E-state index is 12.2. The molecule has 1 heterocycles. The lowest BCUT2D eigenvalue weighted by molar-refractivity contribution is -0.137. The van der Waals surface area contributed by atoms with E-state index >= 15 is 0 Å². The first-order valence-electron chi connectivity index (χ1n) is 5.38. The molecule has 0 saturated carbocycles. The molecule has 1 rings (SSSR count). The molecular weight excluding hydrogens is 234 g/mol. The molecule has 18 heavy (non-hydrogen) atoms. The molecule has 0 spiro atoms. The number of nitrogens with zero attached hydrogens (tertiary/aromatic N) is 3. The number of amides is 1. The van der Waals surface area contributed by atoms with Crippen LogP contribution in [0.25, 0.3) is 0 Å². The first-order chi connectivity index (χ1) is 8.45. The van der Waals surface area contributed by atoms with Crippen molar-refractivity contribution in [2.24, 2.45) is 0 Å². The number of rotatable bonds is 5. The standard InChI is InChI=1S/C12H15N3O3/c1-4-5-15(7-11(16)17)12(18)10-6-8(2)13-14-9(10)3/h4,6H,1,5,7H2,2-3H3,(H,16,17). The quantitative estimate of drug-likeness (QED) is 0.780. The van der Waals surface area contributed by atoms with Gasteiger partial charge in [0.25, 0.3) is 5.91 Å². The van der Waals surface area contributed by atoms with Gasteiger partial charge >= 0.3 is 5.97 Å². The number of carboxylic acid groups (broad SMARTS) is 1. The Morgan fingerprint density at radius 2 is 2.11 bits per heavy atom. The summed E-state index contributed by atoms with van der Waals surface area (Å²) in [5.41, 5.74) is 1.45. The summed E-state index contributed by atoms with van der Waals surface area (Å²) in [5.74, 6) is -1.45. The Balaban J connectivity index is 3.04. The molecule has 0 aliphatic rings. The van der Waals surface area contributed by atoms with Crippen LogP contribution in [-0.4, -0.2) is 45.2 Å². The lowest BCUT2D eigenvalue weighted by Gasteiger charge is -2.19. The van der Waals surface area contributed by atoms with Crippen LogP contribution in [0.1, 0.15) is 21.7 Å². The molecule has 0 unspecified atom stereocenters. The number of aliphatic carboxylic acids is 1. The van der Waals surface area contributed by atoms with E-state index in [1.807, 2.05) is 0 Å². The normalized spacial score (nSPS) is 9.89. The third kappa shape index (κ3) is 3.38. The Bertz CT molecular complexity index is 485. The highest BCUT2D eigenvalue weighted by Gasteiger charge is 2.20. The van der Waals surface area contributed by atoms with E-state index in [1.165, 1.54) is 11.0 Å². The predicted molar refractivity (Wildman–Crippen MR) is 65.2 cm³/mol. The van der Waals surface area contributed by atoms with Gasteiger partial charge in [0.05, 0.1) is 17.0 Å². The Morgan fingerprint density at radius 1 is 1.44 bits per heavy atom. The van der Waals surface area contributed by atoms with Crippen LogP contribution >= 0.6 is 0 Å². The highest BCUT2D eigenvalue weighted by Crippen LogP contribution is 2.09. The van der Waals surface area contributed by atoms with Gasteiger partial charge in [-0.2, -0.15) is 10.2 Å². The molecule has 0 aromatic carbocycles. The maximum Gasteiger partial charge on any atom is 0.323 e. The molecule has 6 heteroatoms. The van der Waals surface area contributed by atoms with Gasteiger partial charge in [-0.05, 0) is 19.9 Å². The third-order valence-electron chi connectivity index (χ3n) is 2.29. The fourth-order valence-electron chi connectivity index (χ4n) is 1.48. The van der Waals surface area contributed by atoms with Crippen molar-refractivity contribution in [3.05, 3.63) is 35.7 Å². The number of hydrogen-bond donors (Lipinski definition) is 1. The van der Waals surface area contributed by atoms with E-state index in [4.69, 9.17) is 5.11 Å². The zero-order valence-corrected chi connectivity index (χ0v) is 10.4. The van der Waals surface area contributed by atoms with Crippen LogP contribution < -0.4 is 0 Å². The molecule has 0 radical (unpaired) electrons. The fraction of sp³-hybridized carbons (Fsp3) is 0.333. The molecule has 0 atom stereocenters. The van der Waals surface area contributed by atoms with Crippen molar-refractivity contribution in [2.75, 3.05) is 13.1 Å². The monoisotopic (exact) mass is 249 g/mol. The zero-order chi connectivity index (χ0) is 13.7. The van der Waals surface area contributed by atoms with Crippen LogP contribution in [0.3, 0.4) is 0 Å². The van der Waals surface area contributed by atoms with Gasteiger partial charge in [0, 0.05) is 6.54 Å². The van der Waals surface area contributed by atoms with Gasteiger partial charge in [-0.25, -0.2) is 0 Å². The highest BCUT2D eigenvalue weighted by molar-refractivity contribution is 5.96. The van der Waals surface area contributed by atoms with Crippen LogP contribution in [0.15, 0.2) is 18.7 Å².